The average molecular weight is 269 g/mol. The Morgan fingerprint density at radius 1 is 1.80 bits per heavy atom. The number of hydrogen-bond donors (Lipinski definition) is 0. The summed E-state index contributed by atoms with van der Waals surface area (Å²) in [7, 11) is -0.650. The Morgan fingerprint density at radius 2 is 2.50 bits per heavy atom. The second-order valence-corrected chi connectivity index (χ2v) is 4.81. The molecule has 0 N–H and O–H groups in total. The second-order valence-electron chi connectivity index (χ2n) is 2.09. The number of rotatable bonds is 1. The standard InChI is InChI=1S/C6H8INOS/c1-2-6(7)8-3-4-10(9)5-8/h1,6H,3-5H2. The van der Waals surface area contributed by atoms with Crippen molar-refractivity contribution in [3.05, 3.63) is 0 Å². The van der Waals surface area contributed by atoms with Crippen LogP contribution in [-0.2, 0) is 10.8 Å². The van der Waals surface area contributed by atoms with E-state index in [2.05, 4.69) is 33.4 Å². The zero-order valence-corrected chi connectivity index (χ0v) is 8.39. The first-order valence-electron chi connectivity index (χ1n) is 2.93. The fourth-order valence-electron chi connectivity index (χ4n) is 0.817. The van der Waals surface area contributed by atoms with Crippen molar-refractivity contribution in [2.75, 3.05) is 18.2 Å². The molecule has 1 heterocycles. The quantitative estimate of drug-likeness (QED) is 0.297. The summed E-state index contributed by atoms with van der Waals surface area (Å²) in [5, 5.41) is 0. The van der Waals surface area contributed by atoms with Gasteiger partial charge < -0.3 is 0 Å². The lowest BCUT2D eigenvalue weighted by Crippen LogP contribution is -2.26. The monoisotopic (exact) mass is 269 g/mol. The second kappa shape index (κ2) is 3.69. The van der Waals surface area contributed by atoms with Crippen molar-refractivity contribution in [3.8, 4) is 12.3 Å². The molecule has 1 fully saturated rings. The number of alkyl halides is 1. The van der Waals surface area contributed by atoms with Gasteiger partial charge in [0.1, 0.15) is 4.05 Å². The number of halogens is 1. The van der Waals surface area contributed by atoms with Gasteiger partial charge in [-0.05, 0) is 0 Å². The Kier molecular flexibility index (Phi) is 3.14. The molecule has 56 valence electrons. The molecule has 2 unspecified atom stereocenters. The maximum absolute atomic E-state index is 10.9. The van der Waals surface area contributed by atoms with Crippen molar-refractivity contribution in [2.24, 2.45) is 0 Å². The van der Waals surface area contributed by atoms with E-state index in [9.17, 15) is 4.21 Å². The molecule has 0 saturated carbocycles. The van der Waals surface area contributed by atoms with Gasteiger partial charge in [-0.2, -0.15) is 0 Å². The smallest absolute Gasteiger partial charge is 0.124 e. The fraction of sp³-hybridized carbons (Fsp3) is 0.667. The lowest BCUT2D eigenvalue weighted by Gasteiger charge is -2.14. The van der Waals surface area contributed by atoms with E-state index < -0.39 is 10.8 Å². The van der Waals surface area contributed by atoms with E-state index in [4.69, 9.17) is 6.42 Å². The molecule has 1 rings (SSSR count). The van der Waals surface area contributed by atoms with Crippen LogP contribution in [-0.4, -0.2) is 31.3 Å². The molecule has 0 radical (unpaired) electrons. The van der Waals surface area contributed by atoms with Gasteiger partial charge in [-0.25, -0.2) is 0 Å². The molecular formula is C6H8INOS. The van der Waals surface area contributed by atoms with Crippen molar-refractivity contribution in [2.45, 2.75) is 4.05 Å². The van der Waals surface area contributed by atoms with Gasteiger partial charge in [0.05, 0.1) is 5.88 Å². The van der Waals surface area contributed by atoms with E-state index in [-0.39, 0.29) is 4.05 Å². The molecular weight excluding hydrogens is 261 g/mol. The molecule has 2 nitrogen and oxygen atoms in total. The summed E-state index contributed by atoms with van der Waals surface area (Å²) in [6.07, 6.45) is 5.20. The van der Waals surface area contributed by atoms with E-state index in [1.54, 1.807) is 0 Å². The van der Waals surface area contributed by atoms with Crippen LogP contribution in [0, 0.1) is 12.3 Å². The fourth-order valence-corrected chi connectivity index (χ4v) is 2.78. The summed E-state index contributed by atoms with van der Waals surface area (Å²) < 4.78 is 11.0. The Morgan fingerprint density at radius 3 is 2.90 bits per heavy atom. The van der Waals surface area contributed by atoms with Crippen molar-refractivity contribution in [1.29, 1.82) is 0 Å². The van der Waals surface area contributed by atoms with Crippen molar-refractivity contribution in [3.63, 3.8) is 0 Å². The van der Waals surface area contributed by atoms with Gasteiger partial charge in [0.15, 0.2) is 0 Å². The van der Waals surface area contributed by atoms with Gasteiger partial charge in [0, 0.05) is 23.1 Å². The predicted molar refractivity (Wildman–Crippen MR) is 51.2 cm³/mol. The summed E-state index contributed by atoms with van der Waals surface area (Å²) in [6, 6.07) is 0. The molecule has 0 aromatic heterocycles. The summed E-state index contributed by atoms with van der Waals surface area (Å²) in [4.78, 5) is 2.05. The maximum Gasteiger partial charge on any atom is 0.124 e. The van der Waals surface area contributed by atoms with Gasteiger partial charge >= 0.3 is 0 Å². The molecule has 1 aliphatic heterocycles. The van der Waals surface area contributed by atoms with Gasteiger partial charge in [-0.15, -0.1) is 6.42 Å². The minimum atomic E-state index is -0.650. The third-order valence-electron chi connectivity index (χ3n) is 1.37. The minimum absolute atomic E-state index is 0.115. The Hall–Kier alpha value is 0.400. The molecule has 0 bridgehead atoms. The van der Waals surface area contributed by atoms with Crippen molar-refractivity contribution < 1.29 is 4.21 Å². The van der Waals surface area contributed by atoms with Crippen LogP contribution in [0.5, 0.6) is 0 Å². The molecule has 0 amide bonds. The Bertz CT molecular complexity index is 189. The first kappa shape index (κ1) is 8.50. The van der Waals surface area contributed by atoms with Crippen molar-refractivity contribution in [1.82, 2.24) is 4.90 Å². The molecule has 0 aromatic rings. The third kappa shape index (κ3) is 1.94. The summed E-state index contributed by atoms with van der Waals surface area (Å²) in [6.45, 7) is 0.879. The Balaban J connectivity index is 2.46. The van der Waals surface area contributed by atoms with Gasteiger partial charge in [-0.3, -0.25) is 9.11 Å². The normalized spacial score (nSPS) is 29.8. The minimum Gasteiger partial charge on any atom is -0.269 e. The first-order valence-corrected chi connectivity index (χ1v) is 5.66. The van der Waals surface area contributed by atoms with Crippen LogP contribution < -0.4 is 0 Å². The number of hydrogen-bond acceptors (Lipinski definition) is 2. The topological polar surface area (TPSA) is 20.3 Å². The molecule has 0 spiro atoms. The first-order chi connectivity index (χ1) is 4.74. The summed E-state index contributed by atoms with van der Waals surface area (Å²) >= 11 is 2.17. The summed E-state index contributed by atoms with van der Waals surface area (Å²) in [5.74, 6) is 4.04. The molecule has 2 atom stereocenters. The van der Waals surface area contributed by atoms with E-state index >= 15 is 0 Å². The van der Waals surface area contributed by atoms with E-state index in [0.29, 0.717) is 5.88 Å². The number of terminal acetylenes is 1. The molecule has 1 saturated heterocycles. The molecule has 0 aliphatic carbocycles. The summed E-state index contributed by atoms with van der Waals surface area (Å²) in [5.41, 5.74) is 0. The average Bonchev–Trinajstić information content (AvgIpc) is 2.34. The lowest BCUT2D eigenvalue weighted by molar-refractivity contribution is 0.388. The highest BCUT2D eigenvalue weighted by Gasteiger charge is 2.22. The molecule has 1 aliphatic rings. The van der Waals surface area contributed by atoms with E-state index in [1.807, 2.05) is 0 Å². The SMILES string of the molecule is C#CC(I)N1CCS(=O)C1. The van der Waals surface area contributed by atoms with Crippen LogP contribution in [0.1, 0.15) is 0 Å². The van der Waals surface area contributed by atoms with Gasteiger partial charge in [-0.1, -0.05) is 28.5 Å². The van der Waals surface area contributed by atoms with Gasteiger partial charge in [0.2, 0.25) is 0 Å². The highest BCUT2D eigenvalue weighted by atomic mass is 127. The Labute approximate surface area is 77.0 Å². The van der Waals surface area contributed by atoms with E-state index in [1.165, 1.54) is 0 Å². The molecule has 0 aromatic carbocycles. The van der Waals surface area contributed by atoms with E-state index in [0.717, 1.165) is 12.3 Å². The van der Waals surface area contributed by atoms with Gasteiger partial charge in [0.25, 0.3) is 0 Å². The van der Waals surface area contributed by atoms with Crippen LogP contribution in [0.15, 0.2) is 0 Å². The maximum atomic E-state index is 10.9. The highest BCUT2D eigenvalue weighted by Crippen LogP contribution is 2.12. The zero-order valence-electron chi connectivity index (χ0n) is 5.42. The van der Waals surface area contributed by atoms with Crippen LogP contribution in [0.3, 0.4) is 0 Å². The number of nitrogens with zero attached hydrogens (tertiary/aromatic N) is 1. The van der Waals surface area contributed by atoms with Crippen LogP contribution >= 0.6 is 22.6 Å². The predicted octanol–water partition coefficient (Wildman–Crippen LogP) is 0.403. The van der Waals surface area contributed by atoms with Crippen molar-refractivity contribution >= 4 is 33.4 Å². The molecule has 10 heavy (non-hydrogen) atoms. The van der Waals surface area contributed by atoms with Crippen LogP contribution in [0.4, 0.5) is 0 Å². The largest absolute Gasteiger partial charge is 0.269 e. The highest BCUT2D eigenvalue weighted by molar-refractivity contribution is 14.1. The van der Waals surface area contributed by atoms with Crippen LogP contribution in [0.2, 0.25) is 0 Å². The lowest BCUT2D eigenvalue weighted by atomic mass is 10.5. The third-order valence-corrected chi connectivity index (χ3v) is 3.78. The molecule has 4 heteroatoms. The van der Waals surface area contributed by atoms with Crippen LogP contribution in [0.25, 0.3) is 0 Å². The zero-order chi connectivity index (χ0) is 7.56.